The minimum absolute atomic E-state index is 0. The van der Waals surface area contributed by atoms with Crippen molar-refractivity contribution in [3.05, 3.63) is 77.6 Å². The molecular weight excluding hydrogens is 673 g/mol. The summed E-state index contributed by atoms with van der Waals surface area (Å²) in [6.45, 7) is 9.58. The van der Waals surface area contributed by atoms with Crippen LogP contribution in [0.2, 0.25) is 0 Å². The van der Waals surface area contributed by atoms with Crippen LogP contribution < -0.4 is 19.1 Å². The summed E-state index contributed by atoms with van der Waals surface area (Å²) >= 11 is 0. The van der Waals surface area contributed by atoms with Gasteiger partial charge in [-0.2, -0.15) is 0 Å². The Morgan fingerprint density at radius 1 is 0.863 bits per heavy atom. The van der Waals surface area contributed by atoms with Crippen LogP contribution in [0.25, 0.3) is 11.0 Å². The quantitative estimate of drug-likeness (QED) is 0.134. The number of nitrogens with zero attached hydrogens (tertiary/aromatic N) is 5. The van der Waals surface area contributed by atoms with E-state index in [0.29, 0.717) is 50.0 Å². The number of imidazole rings is 1. The van der Waals surface area contributed by atoms with Crippen molar-refractivity contribution in [1.82, 2.24) is 19.4 Å². The number of hydrogen-bond acceptors (Lipinski definition) is 8. The molecule has 0 bridgehead atoms. The molecule has 1 aromatic heterocycles. The largest absolute Gasteiger partial charge is 0.493 e. The number of hydrogen-bond donors (Lipinski definition) is 0. The minimum Gasteiger partial charge on any atom is -0.493 e. The second-order valence-corrected chi connectivity index (χ2v) is 13.3. The predicted octanol–water partition coefficient (Wildman–Crippen LogP) is 6.22. The van der Waals surface area contributed by atoms with Gasteiger partial charge in [0.25, 0.3) is 0 Å². The highest BCUT2D eigenvalue weighted by atomic mass is 35.5. The van der Waals surface area contributed by atoms with E-state index >= 15 is 0 Å². The van der Waals surface area contributed by atoms with Crippen molar-refractivity contribution in [3.63, 3.8) is 0 Å². The van der Waals surface area contributed by atoms with Crippen molar-refractivity contribution in [3.8, 4) is 17.2 Å². The summed E-state index contributed by atoms with van der Waals surface area (Å²) in [6.07, 6.45) is 3.03. The van der Waals surface area contributed by atoms with E-state index in [2.05, 4.69) is 32.6 Å². The fourth-order valence-corrected chi connectivity index (χ4v) is 7.56. The van der Waals surface area contributed by atoms with Gasteiger partial charge in [-0.05, 0) is 93.2 Å². The van der Waals surface area contributed by atoms with E-state index in [1.807, 2.05) is 42.2 Å². The number of para-hydroxylation sites is 2. The molecular formula is C39H51ClFN5O5. The number of carbonyl (C=O) groups excluding carboxylic acids is 1. The molecule has 3 aromatic carbocycles. The highest BCUT2D eigenvalue weighted by Crippen LogP contribution is 2.42. The Kier molecular flexibility index (Phi) is 13.1. The third kappa shape index (κ3) is 8.54. The van der Waals surface area contributed by atoms with E-state index in [1.165, 1.54) is 12.1 Å². The molecule has 0 spiro atoms. The highest BCUT2D eigenvalue weighted by molar-refractivity contribution is 5.86. The van der Waals surface area contributed by atoms with Gasteiger partial charge >= 0.3 is 0 Å². The number of rotatable bonds is 15. The molecule has 1 unspecified atom stereocenters. The van der Waals surface area contributed by atoms with Crippen LogP contribution in [0.3, 0.4) is 0 Å². The normalized spacial score (nSPS) is 18.2. The smallest absolute Gasteiger partial charge is 0.229 e. The molecule has 0 radical (unpaired) electrons. The molecule has 2 saturated heterocycles. The van der Waals surface area contributed by atoms with Crippen LogP contribution in [0, 0.1) is 11.2 Å². The van der Waals surface area contributed by atoms with Crippen LogP contribution in [0.5, 0.6) is 17.2 Å². The van der Waals surface area contributed by atoms with E-state index in [9.17, 15) is 9.18 Å². The SMILES string of the molecule is CCOCCn1c(N2CCCN(CCC3(Cc4ccc(F)cc4)CCN(Cc4cc(OC)c(OC)c(OC)c4)C3=O)CC2)nc2ccccc21.Cl. The van der Waals surface area contributed by atoms with Crippen LogP contribution in [-0.2, 0) is 29.0 Å². The summed E-state index contributed by atoms with van der Waals surface area (Å²) < 4.78 is 38.5. The summed E-state index contributed by atoms with van der Waals surface area (Å²) in [6, 6.07) is 18.7. The average molecular weight is 724 g/mol. The van der Waals surface area contributed by atoms with Gasteiger partial charge in [0.15, 0.2) is 11.5 Å². The van der Waals surface area contributed by atoms with Gasteiger partial charge in [-0.1, -0.05) is 24.3 Å². The van der Waals surface area contributed by atoms with E-state index in [-0.39, 0.29) is 24.1 Å². The number of methoxy groups -OCH3 is 3. The zero-order chi connectivity index (χ0) is 35.1. The predicted molar refractivity (Wildman–Crippen MR) is 200 cm³/mol. The Balaban J connectivity index is 0.00000504. The second-order valence-electron chi connectivity index (χ2n) is 13.3. The number of amides is 1. The summed E-state index contributed by atoms with van der Waals surface area (Å²) in [5, 5.41) is 0. The Hall–Kier alpha value is -4.06. The Bertz CT molecular complexity index is 1730. The molecule has 0 saturated carbocycles. The second kappa shape index (κ2) is 17.4. The molecule has 6 rings (SSSR count). The Morgan fingerprint density at radius 3 is 2.31 bits per heavy atom. The number of benzene rings is 3. The molecule has 4 aromatic rings. The standard InChI is InChI=1S/C39H50FN5O5.ClH/c1-5-50-24-23-45-33-10-7-6-9-32(33)41-38(45)43-18-8-17-42(21-22-43)19-15-39(27-29-11-13-31(40)14-12-29)16-20-44(37(39)46)28-30-25-34(47-2)36(49-4)35(26-30)48-3;/h6-7,9-14,25-26H,5,8,15-24,27-28H2,1-4H3;1H. The Morgan fingerprint density at radius 2 is 1.61 bits per heavy atom. The number of likely N-dealkylation sites (tertiary alicyclic amines) is 1. The summed E-state index contributed by atoms with van der Waals surface area (Å²) in [5.41, 5.74) is 3.42. The van der Waals surface area contributed by atoms with Gasteiger partial charge in [0.2, 0.25) is 17.6 Å². The van der Waals surface area contributed by atoms with Gasteiger partial charge in [-0.25, -0.2) is 9.37 Å². The summed E-state index contributed by atoms with van der Waals surface area (Å²) in [4.78, 5) is 26.4. The maximum Gasteiger partial charge on any atom is 0.229 e. The summed E-state index contributed by atoms with van der Waals surface area (Å²) in [7, 11) is 4.77. The molecule has 0 aliphatic carbocycles. The van der Waals surface area contributed by atoms with E-state index in [1.54, 1.807) is 21.3 Å². The topological polar surface area (TPSA) is 81.5 Å². The first-order valence-corrected chi connectivity index (χ1v) is 17.7. The van der Waals surface area contributed by atoms with Gasteiger partial charge in [0.05, 0.1) is 44.4 Å². The molecule has 2 fully saturated rings. The first-order valence-electron chi connectivity index (χ1n) is 17.7. The third-order valence-corrected chi connectivity index (χ3v) is 10.2. The minimum atomic E-state index is -0.586. The fourth-order valence-electron chi connectivity index (χ4n) is 7.56. The van der Waals surface area contributed by atoms with Crippen molar-refractivity contribution in [2.75, 3.05) is 78.7 Å². The van der Waals surface area contributed by atoms with Crippen LogP contribution in [0.4, 0.5) is 10.3 Å². The highest BCUT2D eigenvalue weighted by Gasteiger charge is 2.46. The van der Waals surface area contributed by atoms with Crippen molar-refractivity contribution in [2.45, 2.75) is 45.7 Å². The molecule has 1 amide bonds. The fraction of sp³-hybridized carbons (Fsp3) is 0.487. The number of anilines is 1. The molecule has 0 N–H and O–H groups in total. The molecule has 1 atom stereocenters. The van der Waals surface area contributed by atoms with Crippen LogP contribution in [-0.4, -0.2) is 99.1 Å². The zero-order valence-corrected chi connectivity index (χ0v) is 31.1. The molecule has 51 heavy (non-hydrogen) atoms. The lowest BCUT2D eigenvalue weighted by atomic mass is 9.77. The zero-order valence-electron chi connectivity index (χ0n) is 30.2. The van der Waals surface area contributed by atoms with Crippen LogP contribution >= 0.6 is 12.4 Å². The van der Waals surface area contributed by atoms with Gasteiger partial charge in [0, 0.05) is 45.9 Å². The van der Waals surface area contributed by atoms with Gasteiger partial charge in [-0.15, -0.1) is 12.4 Å². The summed E-state index contributed by atoms with van der Waals surface area (Å²) in [5.74, 6) is 2.50. The molecule has 3 heterocycles. The molecule has 276 valence electrons. The lowest BCUT2D eigenvalue weighted by Crippen LogP contribution is -2.40. The number of ether oxygens (including phenoxy) is 4. The van der Waals surface area contributed by atoms with E-state index in [0.717, 1.165) is 86.6 Å². The number of halogens is 2. The van der Waals surface area contributed by atoms with Gasteiger partial charge in [-0.3, -0.25) is 4.79 Å². The molecule has 10 nitrogen and oxygen atoms in total. The monoisotopic (exact) mass is 723 g/mol. The van der Waals surface area contributed by atoms with Crippen LogP contribution in [0.1, 0.15) is 37.3 Å². The van der Waals surface area contributed by atoms with Gasteiger partial charge in [0.1, 0.15) is 5.82 Å². The van der Waals surface area contributed by atoms with Gasteiger partial charge < -0.3 is 38.2 Å². The maximum absolute atomic E-state index is 14.5. The van der Waals surface area contributed by atoms with Crippen molar-refractivity contribution in [1.29, 1.82) is 0 Å². The Labute approximate surface area is 306 Å². The number of fused-ring (bicyclic) bond motifs is 1. The maximum atomic E-state index is 14.5. The van der Waals surface area contributed by atoms with Crippen molar-refractivity contribution in [2.24, 2.45) is 5.41 Å². The first-order chi connectivity index (χ1) is 24.4. The van der Waals surface area contributed by atoms with Crippen LogP contribution in [0.15, 0.2) is 60.7 Å². The number of aromatic nitrogens is 2. The average Bonchev–Trinajstić information content (AvgIpc) is 3.53. The lowest BCUT2D eigenvalue weighted by molar-refractivity contribution is -0.137. The van der Waals surface area contributed by atoms with E-state index < -0.39 is 5.41 Å². The lowest BCUT2D eigenvalue weighted by Gasteiger charge is -2.31. The van der Waals surface area contributed by atoms with E-state index in [4.69, 9.17) is 23.9 Å². The third-order valence-electron chi connectivity index (χ3n) is 10.2. The first kappa shape index (κ1) is 38.2. The molecule has 12 heteroatoms. The van der Waals surface area contributed by atoms with Crippen molar-refractivity contribution >= 4 is 35.3 Å². The molecule has 2 aliphatic heterocycles. The van der Waals surface area contributed by atoms with Crippen molar-refractivity contribution < 1.29 is 28.1 Å². The number of carbonyl (C=O) groups is 1. The molecule has 2 aliphatic rings.